The van der Waals surface area contributed by atoms with Crippen molar-refractivity contribution < 1.29 is 9.59 Å². The standard InChI is InChI=1S/C25H37NO2/c1-2-3-4-5-6-7-8-9-10-11-15-19-24(27)20-16-21-25(28)26-22-23-17-13-12-14-18-23/h12-13,15,17,19H,2-9,14,16,18,20-22H2,1H3,(H,26,28)/b19-15+. The molecule has 28 heavy (non-hydrogen) atoms. The predicted octanol–water partition coefficient (Wildman–Crippen LogP) is 5.82. The highest BCUT2D eigenvalue weighted by atomic mass is 16.1. The molecular weight excluding hydrogens is 346 g/mol. The van der Waals surface area contributed by atoms with Gasteiger partial charge in [0, 0.05) is 25.8 Å². The normalized spacial score (nSPS) is 13.1. The number of nitrogens with one attached hydrogen (secondary N) is 1. The van der Waals surface area contributed by atoms with Crippen LogP contribution in [0.5, 0.6) is 0 Å². The minimum atomic E-state index is 0.0155. The summed E-state index contributed by atoms with van der Waals surface area (Å²) in [5, 5.41) is 2.92. The third kappa shape index (κ3) is 14.0. The van der Waals surface area contributed by atoms with Crippen molar-refractivity contribution in [3.63, 3.8) is 0 Å². The van der Waals surface area contributed by atoms with Gasteiger partial charge in [-0.3, -0.25) is 9.59 Å². The van der Waals surface area contributed by atoms with E-state index in [0.29, 0.717) is 25.8 Å². The van der Waals surface area contributed by atoms with E-state index in [1.165, 1.54) is 50.2 Å². The molecule has 0 atom stereocenters. The highest BCUT2D eigenvalue weighted by Gasteiger charge is 2.05. The summed E-state index contributed by atoms with van der Waals surface area (Å²) in [6.07, 6.45) is 22.8. The smallest absolute Gasteiger partial charge is 0.220 e. The zero-order valence-electron chi connectivity index (χ0n) is 17.6. The molecule has 0 heterocycles. The number of hydrogen-bond acceptors (Lipinski definition) is 2. The molecule has 1 aliphatic rings. The number of ketones is 1. The summed E-state index contributed by atoms with van der Waals surface area (Å²) in [7, 11) is 0. The molecule has 0 bridgehead atoms. The second-order valence-electron chi connectivity index (χ2n) is 7.41. The summed E-state index contributed by atoms with van der Waals surface area (Å²) < 4.78 is 0. The Bertz CT molecular complexity index is 602. The molecule has 0 fully saturated rings. The zero-order chi connectivity index (χ0) is 20.3. The predicted molar refractivity (Wildman–Crippen MR) is 118 cm³/mol. The van der Waals surface area contributed by atoms with Gasteiger partial charge in [-0.1, -0.05) is 81.1 Å². The van der Waals surface area contributed by atoms with Gasteiger partial charge in [-0.2, -0.15) is 0 Å². The van der Waals surface area contributed by atoms with E-state index in [0.717, 1.165) is 25.7 Å². The van der Waals surface area contributed by atoms with Crippen molar-refractivity contribution in [3.8, 4) is 11.8 Å². The van der Waals surface area contributed by atoms with E-state index in [9.17, 15) is 9.59 Å². The fourth-order valence-electron chi connectivity index (χ4n) is 3.04. The maximum absolute atomic E-state index is 11.8. The van der Waals surface area contributed by atoms with Crippen molar-refractivity contribution in [2.75, 3.05) is 6.54 Å². The van der Waals surface area contributed by atoms with Crippen molar-refractivity contribution >= 4 is 11.7 Å². The summed E-state index contributed by atoms with van der Waals surface area (Å²) >= 11 is 0. The lowest BCUT2D eigenvalue weighted by Gasteiger charge is -2.10. The summed E-state index contributed by atoms with van der Waals surface area (Å²) in [4.78, 5) is 23.6. The van der Waals surface area contributed by atoms with Gasteiger partial charge < -0.3 is 5.32 Å². The first-order valence-corrected chi connectivity index (χ1v) is 11.0. The maximum atomic E-state index is 11.8. The zero-order valence-corrected chi connectivity index (χ0v) is 17.6. The maximum Gasteiger partial charge on any atom is 0.220 e. The van der Waals surface area contributed by atoms with Gasteiger partial charge in [0.15, 0.2) is 5.78 Å². The van der Waals surface area contributed by atoms with E-state index in [1.807, 2.05) is 6.08 Å². The molecule has 0 radical (unpaired) electrons. The molecular formula is C25H37NO2. The van der Waals surface area contributed by atoms with Crippen LogP contribution in [0.1, 0.15) is 90.4 Å². The minimum absolute atomic E-state index is 0.0155. The molecule has 0 saturated carbocycles. The van der Waals surface area contributed by atoms with E-state index < -0.39 is 0 Å². The molecule has 0 unspecified atom stereocenters. The monoisotopic (exact) mass is 383 g/mol. The molecule has 1 amide bonds. The van der Waals surface area contributed by atoms with Crippen molar-refractivity contribution in [1.29, 1.82) is 0 Å². The van der Waals surface area contributed by atoms with Gasteiger partial charge in [-0.15, -0.1) is 0 Å². The second-order valence-corrected chi connectivity index (χ2v) is 7.41. The number of carbonyl (C=O) groups is 2. The molecule has 1 rings (SSSR count). The summed E-state index contributed by atoms with van der Waals surface area (Å²) in [5.74, 6) is 6.10. The third-order valence-electron chi connectivity index (χ3n) is 4.80. The van der Waals surface area contributed by atoms with Crippen LogP contribution in [0, 0.1) is 11.8 Å². The molecule has 0 aromatic heterocycles. The van der Waals surface area contributed by atoms with Gasteiger partial charge in [-0.05, 0) is 37.8 Å². The lowest BCUT2D eigenvalue weighted by Crippen LogP contribution is -2.25. The van der Waals surface area contributed by atoms with Crippen LogP contribution >= 0.6 is 0 Å². The van der Waals surface area contributed by atoms with Crippen molar-refractivity contribution in [1.82, 2.24) is 5.32 Å². The molecule has 0 spiro atoms. The molecule has 0 aromatic rings. The van der Waals surface area contributed by atoms with Gasteiger partial charge in [0.05, 0.1) is 0 Å². The van der Waals surface area contributed by atoms with Gasteiger partial charge in [-0.25, -0.2) is 0 Å². The number of carbonyl (C=O) groups excluding carboxylic acids is 2. The first-order valence-electron chi connectivity index (χ1n) is 11.0. The lowest BCUT2D eigenvalue weighted by molar-refractivity contribution is -0.121. The van der Waals surface area contributed by atoms with Gasteiger partial charge >= 0.3 is 0 Å². The highest BCUT2D eigenvalue weighted by Crippen LogP contribution is 2.10. The van der Waals surface area contributed by atoms with E-state index in [4.69, 9.17) is 0 Å². The van der Waals surface area contributed by atoms with E-state index in [2.05, 4.69) is 36.2 Å². The van der Waals surface area contributed by atoms with Crippen LogP contribution in [-0.2, 0) is 9.59 Å². The number of hydrogen-bond donors (Lipinski definition) is 1. The Labute approximate surface area is 171 Å². The van der Waals surface area contributed by atoms with Gasteiger partial charge in [0.2, 0.25) is 5.91 Å². The fourth-order valence-corrected chi connectivity index (χ4v) is 3.04. The van der Waals surface area contributed by atoms with E-state index >= 15 is 0 Å². The summed E-state index contributed by atoms with van der Waals surface area (Å²) in [5.41, 5.74) is 1.25. The van der Waals surface area contributed by atoms with Crippen LogP contribution in [0.4, 0.5) is 0 Å². The number of rotatable bonds is 14. The molecule has 1 N–H and O–H groups in total. The van der Waals surface area contributed by atoms with Crippen LogP contribution in [0.15, 0.2) is 36.0 Å². The first kappa shape index (κ1) is 24.0. The molecule has 1 aliphatic carbocycles. The molecule has 0 aromatic carbocycles. The average Bonchev–Trinajstić information content (AvgIpc) is 2.71. The Morgan fingerprint density at radius 2 is 1.86 bits per heavy atom. The number of unbranched alkanes of at least 4 members (excludes halogenated alkanes) is 7. The Morgan fingerprint density at radius 3 is 2.61 bits per heavy atom. The van der Waals surface area contributed by atoms with E-state index in [-0.39, 0.29) is 11.7 Å². The Kier molecular flexibility index (Phi) is 14.6. The Hall–Kier alpha value is -2.08. The van der Waals surface area contributed by atoms with E-state index in [1.54, 1.807) is 6.08 Å². The summed E-state index contributed by atoms with van der Waals surface area (Å²) in [6, 6.07) is 0. The van der Waals surface area contributed by atoms with Crippen LogP contribution in [0.25, 0.3) is 0 Å². The SMILES string of the molecule is CCCCCCCCCC#C/C=C/C(=O)CCCC(=O)NCC1=CC=CCC1. The molecule has 3 nitrogen and oxygen atoms in total. The van der Waals surface area contributed by atoms with Crippen LogP contribution in [-0.4, -0.2) is 18.2 Å². The molecule has 154 valence electrons. The average molecular weight is 384 g/mol. The highest BCUT2D eigenvalue weighted by molar-refractivity contribution is 5.90. The second kappa shape index (κ2) is 17.0. The van der Waals surface area contributed by atoms with Crippen molar-refractivity contribution in [2.45, 2.75) is 90.4 Å². The topological polar surface area (TPSA) is 46.2 Å². The fraction of sp³-hybridized carbons (Fsp3) is 0.600. The first-order chi connectivity index (χ1) is 13.7. The van der Waals surface area contributed by atoms with Crippen molar-refractivity contribution in [3.05, 3.63) is 36.0 Å². The Morgan fingerprint density at radius 1 is 1.07 bits per heavy atom. The van der Waals surface area contributed by atoms with Crippen LogP contribution < -0.4 is 5.32 Å². The lowest BCUT2D eigenvalue weighted by atomic mass is 10.1. The van der Waals surface area contributed by atoms with Crippen LogP contribution in [0.3, 0.4) is 0 Å². The quantitative estimate of drug-likeness (QED) is 0.233. The molecule has 3 heteroatoms. The third-order valence-corrected chi connectivity index (χ3v) is 4.80. The Balaban J connectivity index is 2.00. The summed E-state index contributed by atoms with van der Waals surface area (Å²) in [6.45, 7) is 2.85. The van der Waals surface area contributed by atoms with Crippen LogP contribution in [0.2, 0.25) is 0 Å². The van der Waals surface area contributed by atoms with Gasteiger partial charge in [0.25, 0.3) is 0 Å². The minimum Gasteiger partial charge on any atom is -0.352 e. The number of amides is 1. The van der Waals surface area contributed by atoms with Gasteiger partial charge in [0.1, 0.15) is 0 Å². The van der Waals surface area contributed by atoms with Crippen molar-refractivity contribution in [2.24, 2.45) is 0 Å². The molecule has 0 aliphatic heterocycles. The largest absolute Gasteiger partial charge is 0.352 e. The molecule has 0 saturated heterocycles. The number of allylic oxidation sites excluding steroid dienone is 5.